The van der Waals surface area contributed by atoms with Gasteiger partial charge in [-0.25, -0.2) is 4.79 Å². The van der Waals surface area contributed by atoms with Crippen molar-refractivity contribution >= 4 is 23.6 Å². The minimum absolute atomic E-state index is 0.116. The lowest BCUT2D eigenvalue weighted by atomic mass is 9.96. The van der Waals surface area contributed by atoms with Gasteiger partial charge in [0, 0.05) is 12.2 Å². The molecular weight excluding hydrogens is 494 g/mol. The molecule has 0 fully saturated rings. The molecule has 2 N–H and O–H groups in total. The third kappa shape index (κ3) is 9.93. The van der Waals surface area contributed by atoms with Crippen LogP contribution in [0.25, 0.3) is 0 Å². The Morgan fingerprint density at radius 3 is 2.05 bits per heavy atom. The van der Waals surface area contributed by atoms with E-state index >= 15 is 0 Å². The van der Waals surface area contributed by atoms with Gasteiger partial charge >= 0.3 is 6.09 Å². The predicted octanol–water partition coefficient (Wildman–Crippen LogP) is 6.17. The van der Waals surface area contributed by atoms with Crippen molar-refractivity contribution in [2.24, 2.45) is 5.92 Å². The summed E-state index contributed by atoms with van der Waals surface area (Å²) in [5, 5.41) is 5.75. The van der Waals surface area contributed by atoms with Crippen LogP contribution in [0.4, 0.5) is 10.5 Å². The number of rotatable bonds is 11. The van der Waals surface area contributed by atoms with E-state index in [0.717, 1.165) is 11.1 Å². The number of anilines is 1. The Bertz CT molecular complexity index is 1100. The van der Waals surface area contributed by atoms with Gasteiger partial charge in [-0.3, -0.25) is 9.59 Å². The quantitative estimate of drug-likeness (QED) is 0.356. The van der Waals surface area contributed by atoms with E-state index in [2.05, 4.69) is 10.6 Å². The minimum atomic E-state index is -0.909. The standard InChI is InChI=1S/C31H45N3O5/c1-10-15-34(29(36)26(16-20(2)3)33-30(37)39-31(6,7)8)27(23-18-21(4)17-22(5)19-23)28(35)32-24-11-13-25(38-9)14-12-24/h11-14,17-20,26-27H,10,15-16H2,1-9H3,(H,32,35)(H,33,37). The number of aryl methyl sites for hydroxylation is 2. The number of hydrogen-bond donors (Lipinski definition) is 2. The van der Waals surface area contributed by atoms with Gasteiger partial charge in [-0.15, -0.1) is 0 Å². The van der Waals surface area contributed by atoms with Crippen molar-refractivity contribution in [1.29, 1.82) is 0 Å². The van der Waals surface area contributed by atoms with Gasteiger partial charge in [0.15, 0.2) is 0 Å². The number of nitrogens with zero attached hydrogens (tertiary/aromatic N) is 1. The number of benzene rings is 2. The van der Waals surface area contributed by atoms with Crippen molar-refractivity contribution in [3.05, 3.63) is 59.2 Å². The molecule has 0 saturated heterocycles. The first-order chi connectivity index (χ1) is 18.2. The fourth-order valence-electron chi connectivity index (χ4n) is 4.48. The Hall–Kier alpha value is -3.55. The summed E-state index contributed by atoms with van der Waals surface area (Å²) in [6, 6.07) is 11.2. The number of ether oxygens (including phenoxy) is 2. The molecule has 2 rings (SSSR count). The third-order valence-electron chi connectivity index (χ3n) is 5.92. The van der Waals surface area contributed by atoms with Crippen LogP contribution < -0.4 is 15.4 Å². The lowest BCUT2D eigenvalue weighted by molar-refractivity contribution is -0.141. The molecule has 2 atom stereocenters. The van der Waals surface area contributed by atoms with Crippen LogP contribution in [0, 0.1) is 19.8 Å². The van der Waals surface area contributed by atoms with Crippen LogP contribution in [0.5, 0.6) is 5.75 Å². The molecule has 2 aromatic rings. The van der Waals surface area contributed by atoms with Gasteiger partial charge in [0.05, 0.1) is 7.11 Å². The largest absolute Gasteiger partial charge is 0.497 e. The number of carbonyl (C=O) groups excluding carboxylic acids is 3. The van der Waals surface area contributed by atoms with Crippen molar-refractivity contribution in [3.63, 3.8) is 0 Å². The molecule has 214 valence electrons. The summed E-state index contributed by atoms with van der Waals surface area (Å²) in [4.78, 5) is 42.4. The summed E-state index contributed by atoms with van der Waals surface area (Å²) in [5.41, 5.74) is 2.56. The van der Waals surface area contributed by atoms with Gasteiger partial charge in [0.25, 0.3) is 5.91 Å². The molecule has 2 unspecified atom stereocenters. The van der Waals surface area contributed by atoms with Gasteiger partial charge in [-0.2, -0.15) is 0 Å². The number of alkyl carbamates (subject to hydrolysis) is 1. The summed E-state index contributed by atoms with van der Waals surface area (Å²) < 4.78 is 10.7. The summed E-state index contributed by atoms with van der Waals surface area (Å²) in [6.45, 7) is 15.5. The minimum Gasteiger partial charge on any atom is -0.497 e. The summed E-state index contributed by atoms with van der Waals surface area (Å²) in [7, 11) is 1.58. The maximum atomic E-state index is 14.2. The molecule has 0 aliphatic carbocycles. The van der Waals surface area contributed by atoms with Crippen LogP contribution in [0.2, 0.25) is 0 Å². The van der Waals surface area contributed by atoms with Gasteiger partial charge in [0.1, 0.15) is 23.4 Å². The zero-order chi connectivity index (χ0) is 29.3. The molecule has 0 bridgehead atoms. The Morgan fingerprint density at radius 2 is 1.56 bits per heavy atom. The van der Waals surface area contributed by atoms with Crippen LogP contribution in [0.15, 0.2) is 42.5 Å². The monoisotopic (exact) mass is 539 g/mol. The number of methoxy groups -OCH3 is 1. The Labute approximate surface area is 233 Å². The molecule has 2 aromatic carbocycles. The van der Waals surface area contributed by atoms with Gasteiger partial charge in [-0.1, -0.05) is 50.1 Å². The number of carbonyl (C=O) groups is 3. The van der Waals surface area contributed by atoms with Gasteiger partial charge in [0.2, 0.25) is 5.91 Å². The van der Waals surface area contributed by atoms with Crippen LogP contribution >= 0.6 is 0 Å². The highest BCUT2D eigenvalue weighted by atomic mass is 16.6. The molecule has 8 heteroatoms. The molecule has 0 aliphatic rings. The van der Waals surface area contributed by atoms with Crippen LogP contribution in [-0.4, -0.2) is 48.1 Å². The van der Waals surface area contributed by atoms with Crippen LogP contribution in [-0.2, 0) is 14.3 Å². The topological polar surface area (TPSA) is 97.0 Å². The van der Waals surface area contributed by atoms with Crippen LogP contribution in [0.1, 0.15) is 77.1 Å². The highest BCUT2D eigenvalue weighted by molar-refractivity contribution is 5.99. The SMILES string of the molecule is CCCN(C(=O)C(CC(C)C)NC(=O)OC(C)(C)C)C(C(=O)Nc1ccc(OC)cc1)c1cc(C)cc(C)c1. The van der Waals surface area contributed by atoms with Gasteiger partial charge < -0.3 is 25.0 Å². The van der Waals surface area contributed by atoms with Crippen LogP contribution in [0.3, 0.4) is 0 Å². The number of amides is 3. The molecule has 8 nitrogen and oxygen atoms in total. The van der Waals surface area contributed by atoms with Gasteiger partial charge in [-0.05, 0) is 83.2 Å². The van der Waals surface area contributed by atoms with E-state index in [-0.39, 0.29) is 17.7 Å². The first kappa shape index (κ1) is 31.7. The fraction of sp³-hybridized carbons (Fsp3) is 0.516. The first-order valence-electron chi connectivity index (χ1n) is 13.6. The predicted molar refractivity (Wildman–Crippen MR) is 155 cm³/mol. The average molecular weight is 540 g/mol. The number of hydrogen-bond acceptors (Lipinski definition) is 5. The highest BCUT2D eigenvalue weighted by Crippen LogP contribution is 2.28. The summed E-state index contributed by atoms with van der Waals surface area (Å²) >= 11 is 0. The third-order valence-corrected chi connectivity index (χ3v) is 5.92. The summed E-state index contributed by atoms with van der Waals surface area (Å²) in [6.07, 6.45) is 0.366. The molecule has 3 amide bonds. The van der Waals surface area contributed by atoms with E-state index in [1.807, 2.05) is 52.8 Å². The second-order valence-corrected chi connectivity index (χ2v) is 11.4. The molecule has 0 heterocycles. The zero-order valence-corrected chi connectivity index (χ0v) is 24.9. The average Bonchev–Trinajstić information content (AvgIpc) is 2.81. The van der Waals surface area contributed by atoms with E-state index in [9.17, 15) is 14.4 Å². The van der Waals surface area contributed by atoms with Crippen molar-refractivity contribution in [1.82, 2.24) is 10.2 Å². The van der Waals surface area contributed by atoms with Crippen molar-refractivity contribution in [2.45, 2.75) is 85.9 Å². The molecule has 0 radical (unpaired) electrons. The van der Waals surface area contributed by atoms with Crippen molar-refractivity contribution in [2.75, 3.05) is 19.0 Å². The van der Waals surface area contributed by atoms with E-state index in [1.165, 1.54) is 0 Å². The Kier molecular flexibility index (Phi) is 11.4. The molecule has 0 aliphatic heterocycles. The molecule has 0 spiro atoms. The summed E-state index contributed by atoms with van der Waals surface area (Å²) in [5.74, 6) is 0.120. The Morgan fingerprint density at radius 1 is 0.974 bits per heavy atom. The normalized spacial score (nSPS) is 12.9. The molecule has 39 heavy (non-hydrogen) atoms. The second kappa shape index (κ2) is 14.0. The lowest BCUT2D eigenvalue weighted by Crippen LogP contribution is -2.53. The second-order valence-electron chi connectivity index (χ2n) is 11.4. The molecule has 0 aromatic heterocycles. The first-order valence-corrected chi connectivity index (χ1v) is 13.6. The number of nitrogens with one attached hydrogen (secondary N) is 2. The lowest BCUT2D eigenvalue weighted by Gasteiger charge is -2.35. The van der Waals surface area contributed by atoms with E-state index < -0.39 is 23.8 Å². The maximum Gasteiger partial charge on any atom is 0.408 e. The van der Waals surface area contributed by atoms with E-state index in [0.29, 0.717) is 36.4 Å². The van der Waals surface area contributed by atoms with E-state index in [1.54, 1.807) is 57.0 Å². The van der Waals surface area contributed by atoms with E-state index in [4.69, 9.17) is 9.47 Å². The fourth-order valence-corrected chi connectivity index (χ4v) is 4.48. The maximum absolute atomic E-state index is 14.2. The Balaban J connectivity index is 2.53. The smallest absolute Gasteiger partial charge is 0.408 e. The highest BCUT2D eigenvalue weighted by Gasteiger charge is 2.36. The molecular formula is C31H45N3O5. The molecule has 0 saturated carbocycles. The van der Waals surface area contributed by atoms with Crippen molar-refractivity contribution < 1.29 is 23.9 Å². The zero-order valence-electron chi connectivity index (χ0n) is 24.9. The van der Waals surface area contributed by atoms with Crippen molar-refractivity contribution in [3.8, 4) is 5.75 Å².